The maximum absolute atomic E-state index is 5.94. The maximum Gasteiger partial charge on any atom is 0.156 e. The molecule has 0 aliphatic carbocycles. The first-order valence-electron chi connectivity index (χ1n) is 9.47. The van der Waals surface area contributed by atoms with Crippen LogP contribution in [0.15, 0.2) is 42.9 Å². The summed E-state index contributed by atoms with van der Waals surface area (Å²) >= 11 is 0. The Morgan fingerprint density at radius 2 is 2.11 bits per heavy atom. The number of H-pyrrole nitrogens is 2. The van der Waals surface area contributed by atoms with Crippen molar-refractivity contribution in [3.63, 3.8) is 0 Å². The molecule has 7 nitrogen and oxygen atoms in total. The molecule has 0 amide bonds. The molecule has 3 aromatic heterocycles. The van der Waals surface area contributed by atoms with Crippen LogP contribution >= 0.6 is 0 Å². The molecule has 1 atom stereocenters. The number of nitrogens with zero attached hydrogens (tertiary/aromatic N) is 3. The number of hydrogen-bond donors (Lipinski definition) is 2. The lowest BCUT2D eigenvalue weighted by Crippen LogP contribution is -2.12. The number of benzene rings is 1. The summed E-state index contributed by atoms with van der Waals surface area (Å²) in [7, 11) is 1.67. The monoisotopic (exact) mass is 375 g/mol. The second-order valence-corrected chi connectivity index (χ2v) is 6.93. The highest BCUT2D eigenvalue weighted by atomic mass is 16.5. The molecular weight excluding hydrogens is 354 g/mol. The van der Waals surface area contributed by atoms with Gasteiger partial charge in [0.25, 0.3) is 0 Å². The third-order valence-corrected chi connectivity index (χ3v) is 5.22. The Bertz CT molecular complexity index is 1110. The van der Waals surface area contributed by atoms with Crippen molar-refractivity contribution in [1.82, 2.24) is 25.1 Å². The fourth-order valence-corrected chi connectivity index (χ4v) is 3.77. The zero-order chi connectivity index (χ0) is 18.9. The molecule has 0 spiro atoms. The van der Waals surface area contributed by atoms with Crippen LogP contribution in [0.25, 0.3) is 33.5 Å². The van der Waals surface area contributed by atoms with Gasteiger partial charge in [0.2, 0.25) is 0 Å². The van der Waals surface area contributed by atoms with Crippen LogP contribution in [0.1, 0.15) is 31.1 Å². The number of nitrogens with one attached hydrogen (secondary N) is 2. The lowest BCUT2D eigenvalue weighted by molar-refractivity contribution is 0.0126. The van der Waals surface area contributed by atoms with E-state index in [1.807, 2.05) is 30.6 Å². The highest BCUT2D eigenvalue weighted by Gasteiger charge is 2.22. The molecule has 0 radical (unpaired) electrons. The fourth-order valence-electron chi connectivity index (χ4n) is 3.77. The van der Waals surface area contributed by atoms with Gasteiger partial charge in [-0.2, -0.15) is 5.10 Å². The molecule has 4 heterocycles. The lowest BCUT2D eigenvalue weighted by Gasteiger charge is -2.22. The molecule has 7 heteroatoms. The van der Waals surface area contributed by atoms with Gasteiger partial charge >= 0.3 is 0 Å². The van der Waals surface area contributed by atoms with Crippen LogP contribution in [0.4, 0.5) is 0 Å². The molecule has 1 unspecified atom stereocenters. The number of hydrogen-bond acceptors (Lipinski definition) is 5. The molecule has 4 aromatic rings. The summed E-state index contributed by atoms with van der Waals surface area (Å²) in [4.78, 5) is 12.2. The Morgan fingerprint density at radius 3 is 2.96 bits per heavy atom. The second-order valence-electron chi connectivity index (χ2n) is 6.93. The van der Waals surface area contributed by atoms with E-state index < -0.39 is 0 Å². The quantitative estimate of drug-likeness (QED) is 0.556. The molecule has 0 saturated carbocycles. The van der Waals surface area contributed by atoms with E-state index in [0.717, 1.165) is 64.4 Å². The molecule has 28 heavy (non-hydrogen) atoms. The number of aromatic nitrogens is 5. The highest BCUT2D eigenvalue weighted by molar-refractivity contribution is 5.79. The van der Waals surface area contributed by atoms with Gasteiger partial charge in [0.05, 0.1) is 37.0 Å². The first kappa shape index (κ1) is 16.9. The van der Waals surface area contributed by atoms with E-state index in [2.05, 4.69) is 31.2 Å². The second kappa shape index (κ2) is 7.09. The lowest BCUT2D eigenvalue weighted by atomic mass is 9.97. The van der Waals surface area contributed by atoms with E-state index in [4.69, 9.17) is 9.47 Å². The molecule has 1 saturated heterocycles. The van der Waals surface area contributed by atoms with Crippen molar-refractivity contribution in [1.29, 1.82) is 0 Å². The SMILES string of the molecule is COc1cc(-c2cn[nH]c2C2CCCCO2)ccc1-c1cnc2[nH]ccc2n1. The van der Waals surface area contributed by atoms with Crippen molar-refractivity contribution in [3.8, 4) is 28.1 Å². The van der Waals surface area contributed by atoms with Crippen LogP contribution in [0.2, 0.25) is 0 Å². The van der Waals surface area contributed by atoms with E-state index in [9.17, 15) is 0 Å². The average molecular weight is 375 g/mol. The molecule has 1 aliphatic rings. The Hall–Kier alpha value is -3.19. The van der Waals surface area contributed by atoms with Gasteiger partial charge in [-0.05, 0) is 43.0 Å². The van der Waals surface area contributed by atoms with Gasteiger partial charge in [0, 0.05) is 23.9 Å². The molecule has 5 rings (SSSR count). The van der Waals surface area contributed by atoms with E-state index in [-0.39, 0.29) is 6.10 Å². The van der Waals surface area contributed by atoms with E-state index >= 15 is 0 Å². The summed E-state index contributed by atoms with van der Waals surface area (Å²) in [5.41, 5.74) is 6.39. The third kappa shape index (κ3) is 2.93. The van der Waals surface area contributed by atoms with Gasteiger partial charge in [0.15, 0.2) is 5.65 Å². The van der Waals surface area contributed by atoms with Crippen LogP contribution in [-0.2, 0) is 4.74 Å². The van der Waals surface area contributed by atoms with Crippen molar-refractivity contribution in [3.05, 3.63) is 48.5 Å². The molecule has 2 N–H and O–H groups in total. The third-order valence-electron chi connectivity index (χ3n) is 5.22. The number of aromatic amines is 2. The number of methoxy groups -OCH3 is 1. The van der Waals surface area contributed by atoms with Crippen molar-refractivity contribution in [2.24, 2.45) is 0 Å². The molecule has 142 valence electrons. The average Bonchev–Trinajstić information content (AvgIpc) is 3.43. The minimum atomic E-state index is 0.0683. The first-order valence-corrected chi connectivity index (χ1v) is 9.47. The topological polar surface area (TPSA) is 88.7 Å². The molecule has 1 fully saturated rings. The Labute approximate surface area is 162 Å². The van der Waals surface area contributed by atoms with Crippen LogP contribution in [0.3, 0.4) is 0 Å². The van der Waals surface area contributed by atoms with Crippen molar-refractivity contribution < 1.29 is 9.47 Å². The van der Waals surface area contributed by atoms with Crippen LogP contribution in [-0.4, -0.2) is 38.9 Å². The Balaban J connectivity index is 1.54. The van der Waals surface area contributed by atoms with Crippen molar-refractivity contribution >= 4 is 11.2 Å². The van der Waals surface area contributed by atoms with Crippen molar-refractivity contribution in [2.75, 3.05) is 13.7 Å². The summed E-state index contributed by atoms with van der Waals surface area (Å²) in [6.07, 6.45) is 8.82. The van der Waals surface area contributed by atoms with Gasteiger partial charge in [-0.25, -0.2) is 9.97 Å². The maximum atomic E-state index is 5.94. The summed E-state index contributed by atoms with van der Waals surface area (Å²) in [5.74, 6) is 0.749. The molecule has 1 aliphatic heterocycles. The van der Waals surface area contributed by atoms with Crippen LogP contribution in [0.5, 0.6) is 5.75 Å². The summed E-state index contributed by atoms with van der Waals surface area (Å²) in [6.45, 7) is 0.797. The van der Waals surface area contributed by atoms with E-state index in [1.165, 1.54) is 6.42 Å². The van der Waals surface area contributed by atoms with E-state index in [0.29, 0.717) is 0 Å². The normalized spacial score (nSPS) is 17.1. The molecule has 0 bridgehead atoms. The summed E-state index contributed by atoms with van der Waals surface area (Å²) < 4.78 is 11.6. The largest absolute Gasteiger partial charge is 0.496 e. The number of fused-ring (bicyclic) bond motifs is 1. The van der Waals surface area contributed by atoms with Gasteiger partial charge in [0.1, 0.15) is 11.3 Å². The zero-order valence-corrected chi connectivity index (χ0v) is 15.6. The Morgan fingerprint density at radius 1 is 1.14 bits per heavy atom. The van der Waals surface area contributed by atoms with Crippen LogP contribution < -0.4 is 4.74 Å². The van der Waals surface area contributed by atoms with Gasteiger partial charge in [-0.3, -0.25) is 5.10 Å². The fraction of sp³-hybridized carbons (Fsp3) is 0.286. The highest BCUT2D eigenvalue weighted by Crippen LogP contribution is 2.37. The number of ether oxygens (including phenoxy) is 2. The van der Waals surface area contributed by atoms with Gasteiger partial charge in [-0.1, -0.05) is 6.07 Å². The predicted molar refractivity (Wildman–Crippen MR) is 106 cm³/mol. The molecular formula is C21H21N5O2. The number of rotatable bonds is 4. The first-order chi connectivity index (χ1) is 13.8. The Kier molecular flexibility index (Phi) is 4.29. The van der Waals surface area contributed by atoms with Crippen molar-refractivity contribution in [2.45, 2.75) is 25.4 Å². The standard InChI is InChI=1S/C21H21N5O2/c1-27-19-10-13(15-11-24-26-20(15)18-4-2-3-9-28-18)5-6-14(19)17-12-23-21-16(25-17)7-8-22-21/h5-8,10-12,18H,2-4,9H2,1H3,(H,22,23)(H,24,26). The summed E-state index contributed by atoms with van der Waals surface area (Å²) in [5, 5.41) is 7.40. The zero-order valence-electron chi connectivity index (χ0n) is 15.6. The molecule has 1 aromatic carbocycles. The smallest absolute Gasteiger partial charge is 0.156 e. The van der Waals surface area contributed by atoms with Crippen LogP contribution in [0, 0.1) is 0 Å². The van der Waals surface area contributed by atoms with Gasteiger partial charge < -0.3 is 14.5 Å². The summed E-state index contributed by atoms with van der Waals surface area (Å²) in [6, 6.07) is 8.03. The van der Waals surface area contributed by atoms with E-state index in [1.54, 1.807) is 13.3 Å². The van der Waals surface area contributed by atoms with Gasteiger partial charge in [-0.15, -0.1) is 0 Å². The minimum Gasteiger partial charge on any atom is -0.496 e. The minimum absolute atomic E-state index is 0.0683. The predicted octanol–water partition coefficient (Wildman–Crippen LogP) is 4.27.